The Morgan fingerprint density at radius 3 is 1.82 bits per heavy atom. The molecule has 2 aromatic carbocycles. The van der Waals surface area contributed by atoms with Crippen LogP contribution < -0.4 is 14.2 Å². The predicted molar refractivity (Wildman–Crippen MR) is 94.3 cm³/mol. The number of carbonyl (C=O) groups is 1. The van der Waals surface area contributed by atoms with Crippen molar-refractivity contribution in [3.8, 4) is 11.5 Å². The molecule has 0 aliphatic heterocycles. The number of benzene rings is 2. The fourth-order valence-electron chi connectivity index (χ4n) is 2.06. The standard InChI is InChI=1S/C17H16F3NO6S/c18-17(19,20)11-28(24,25)21-13-3-7-15(8-4-13)27-10-9-26-14-5-1-12(2-6-14)16(22)23/h1-8,21H,9-11H2,(H,22,23). The molecule has 0 radical (unpaired) electrons. The average molecular weight is 419 g/mol. The van der Waals surface area contributed by atoms with Crippen LogP contribution in [0.2, 0.25) is 0 Å². The largest absolute Gasteiger partial charge is 0.490 e. The molecule has 152 valence electrons. The zero-order valence-electron chi connectivity index (χ0n) is 14.3. The van der Waals surface area contributed by atoms with Gasteiger partial charge >= 0.3 is 12.1 Å². The molecule has 28 heavy (non-hydrogen) atoms. The maximum atomic E-state index is 12.2. The maximum Gasteiger partial charge on any atom is 0.404 e. The molecule has 0 bridgehead atoms. The normalized spacial score (nSPS) is 11.7. The molecule has 0 unspecified atom stereocenters. The van der Waals surface area contributed by atoms with Crippen LogP contribution >= 0.6 is 0 Å². The molecule has 0 atom stereocenters. The third kappa shape index (κ3) is 7.35. The van der Waals surface area contributed by atoms with E-state index in [9.17, 15) is 26.4 Å². The van der Waals surface area contributed by atoms with Gasteiger partial charge in [-0.05, 0) is 48.5 Å². The molecule has 2 rings (SSSR count). The Labute approximate surface area is 158 Å². The van der Waals surface area contributed by atoms with E-state index >= 15 is 0 Å². The number of hydrogen-bond donors (Lipinski definition) is 2. The Hall–Kier alpha value is -2.95. The summed E-state index contributed by atoms with van der Waals surface area (Å²) in [5, 5.41) is 8.80. The molecule has 0 saturated carbocycles. The van der Waals surface area contributed by atoms with Gasteiger partial charge in [0.25, 0.3) is 0 Å². The summed E-state index contributed by atoms with van der Waals surface area (Å²) in [7, 11) is -4.54. The second-order valence-electron chi connectivity index (χ2n) is 5.53. The van der Waals surface area contributed by atoms with E-state index in [-0.39, 0.29) is 24.5 Å². The molecule has 11 heteroatoms. The van der Waals surface area contributed by atoms with Crippen LogP contribution in [-0.2, 0) is 10.0 Å². The van der Waals surface area contributed by atoms with E-state index in [1.165, 1.54) is 48.5 Å². The first-order valence-corrected chi connectivity index (χ1v) is 9.45. The van der Waals surface area contributed by atoms with Gasteiger partial charge in [-0.15, -0.1) is 0 Å². The van der Waals surface area contributed by atoms with Crippen molar-refractivity contribution in [1.82, 2.24) is 0 Å². The van der Waals surface area contributed by atoms with E-state index in [2.05, 4.69) is 0 Å². The summed E-state index contributed by atoms with van der Waals surface area (Å²) in [6.45, 7) is 0.298. The van der Waals surface area contributed by atoms with Crippen molar-refractivity contribution in [2.75, 3.05) is 23.7 Å². The highest BCUT2D eigenvalue weighted by Gasteiger charge is 2.35. The number of nitrogens with one attached hydrogen (secondary N) is 1. The number of ether oxygens (including phenoxy) is 2. The van der Waals surface area contributed by atoms with Gasteiger partial charge in [0, 0.05) is 5.69 Å². The lowest BCUT2D eigenvalue weighted by Crippen LogP contribution is -2.27. The highest BCUT2D eigenvalue weighted by atomic mass is 32.2. The van der Waals surface area contributed by atoms with E-state index < -0.39 is 27.9 Å². The molecule has 0 heterocycles. The van der Waals surface area contributed by atoms with Gasteiger partial charge in [-0.2, -0.15) is 13.2 Å². The van der Waals surface area contributed by atoms with Crippen molar-refractivity contribution in [2.24, 2.45) is 0 Å². The second kappa shape index (κ2) is 8.83. The monoisotopic (exact) mass is 419 g/mol. The molecule has 0 aromatic heterocycles. The molecule has 0 aliphatic carbocycles. The van der Waals surface area contributed by atoms with Crippen molar-refractivity contribution in [2.45, 2.75) is 6.18 Å². The third-order valence-electron chi connectivity index (χ3n) is 3.20. The van der Waals surface area contributed by atoms with Crippen LogP contribution in [0, 0.1) is 0 Å². The SMILES string of the molecule is O=C(O)c1ccc(OCCOc2ccc(NS(=O)(=O)CC(F)(F)F)cc2)cc1. The number of rotatable bonds is 9. The van der Waals surface area contributed by atoms with E-state index in [0.29, 0.717) is 11.5 Å². The zero-order valence-corrected chi connectivity index (χ0v) is 15.1. The molecule has 0 fully saturated rings. The highest BCUT2D eigenvalue weighted by Crippen LogP contribution is 2.21. The number of carboxylic acids is 1. The van der Waals surface area contributed by atoms with Crippen molar-refractivity contribution < 1.29 is 41.0 Å². The fourth-order valence-corrected chi connectivity index (χ4v) is 3.06. The number of aromatic carboxylic acids is 1. The number of halogens is 3. The summed E-state index contributed by atoms with van der Waals surface area (Å²) in [6.07, 6.45) is -4.83. The lowest BCUT2D eigenvalue weighted by Gasteiger charge is -2.11. The maximum absolute atomic E-state index is 12.2. The minimum Gasteiger partial charge on any atom is -0.490 e. The van der Waals surface area contributed by atoms with Crippen LogP contribution in [0.15, 0.2) is 48.5 Å². The number of alkyl halides is 3. The van der Waals surface area contributed by atoms with Crippen LogP contribution in [0.3, 0.4) is 0 Å². The summed E-state index contributed by atoms with van der Waals surface area (Å²) >= 11 is 0. The highest BCUT2D eigenvalue weighted by molar-refractivity contribution is 7.92. The average Bonchev–Trinajstić information content (AvgIpc) is 2.58. The smallest absolute Gasteiger partial charge is 0.404 e. The summed E-state index contributed by atoms with van der Waals surface area (Å²) in [5.74, 6) is -2.19. The molecule has 2 aromatic rings. The van der Waals surface area contributed by atoms with E-state index in [1.807, 2.05) is 4.72 Å². The second-order valence-corrected chi connectivity index (χ2v) is 7.25. The lowest BCUT2D eigenvalue weighted by atomic mass is 10.2. The summed E-state index contributed by atoms with van der Waals surface area (Å²) in [6, 6.07) is 11.1. The minimum atomic E-state index is -4.83. The molecule has 0 amide bonds. The van der Waals surface area contributed by atoms with Gasteiger partial charge in [0.2, 0.25) is 10.0 Å². The Morgan fingerprint density at radius 2 is 1.39 bits per heavy atom. The van der Waals surface area contributed by atoms with E-state index in [0.717, 1.165) is 0 Å². The van der Waals surface area contributed by atoms with Crippen molar-refractivity contribution in [1.29, 1.82) is 0 Å². The van der Waals surface area contributed by atoms with E-state index in [1.54, 1.807) is 0 Å². The first-order valence-electron chi connectivity index (χ1n) is 7.80. The zero-order chi connectivity index (χ0) is 20.8. The number of anilines is 1. The van der Waals surface area contributed by atoms with Gasteiger partial charge in [0.15, 0.2) is 5.75 Å². The lowest BCUT2D eigenvalue weighted by molar-refractivity contribution is -0.106. The molecule has 0 spiro atoms. The fraction of sp³-hybridized carbons (Fsp3) is 0.235. The first kappa shape index (κ1) is 21.4. The van der Waals surface area contributed by atoms with Gasteiger partial charge in [-0.25, -0.2) is 13.2 Å². The summed E-state index contributed by atoms with van der Waals surface area (Å²) in [4.78, 5) is 10.7. The Balaban J connectivity index is 1.79. The molecule has 7 nitrogen and oxygen atoms in total. The Bertz CT molecular complexity index is 896. The van der Waals surface area contributed by atoms with Gasteiger partial charge in [0.05, 0.1) is 5.56 Å². The summed E-state index contributed by atoms with van der Waals surface area (Å²) < 4.78 is 72.0. The van der Waals surface area contributed by atoms with Gasteiger partial charge in [0.1, 0.15) is 24.7 Å². The van der Waals surface area contributed by atoms with Crippen LogP contribution in [-0.4, -0.2) is 44.6 Å². The number of sulfonamides is 1. The van der Waals surface area contributed by atoms with Gasteiger partial charge < -0.3 is 14.6 Å². The minimum absolute atomic E-state index is 0.0219. The van der Waals surface area contributed by atoms with Gasteiger partial charge in [-0.1, -0.05) is 0 Å². The van der Waals surface area contributed by atoms with Crippen molar-refractivity contribution in [3.63, 3.8) is 0 Å². The molecule has 0 aliphatic rings. The third-order valence-corrected chi connectivity index (χ3v) is 4.46. The quantitative estimate of drug-likeness (QED) is 0.606. The molecular weight excluding hydrogens is 403 g/mol. The molecule has 0 saturated heterocycles. The predicted octanol–water partition coefficient (Wildman–Crippen LogP) is 3.15. The number of hydrogen-bond acceptors (Lipinski definition) is 5. The van der Waals surface area contributed by atoms with Crippen LogP contribution in [0.4, 0.5) is 18.9 Å². The van der Waals surface area contributed by atoms with Crippen molar-refractivity contribution in [3.05, 3.63) is 54.1 Å². The summed E-state index contributed by atoms with van der Waals surface area (Å²) in [5.41, 5.74) is 0.112. The van der Waals surface area contributed by atoms with Crippen LogP contribution in [0.5, 0.6) is 11.5 Å². The molecule has 2 N–H and O–H groups in total. The van der Waals surface area contributed by atoms with Crippen LogP contribution in [0.25, 0.3) is 0 Å². The topological polar surface area (TPSA) is 102 Å². The number of carboxylic acid groups (broad SMARTS) is 1. The van der Waals surface area contributed by atoms with Gasteiger partial charge in [-0.3, -0.25) is 4.72 Å². The van der Waals surface area contributed by atoms with Crippen molar-refractivity contribution >= 4 is 21.7 Å². The van der Waals surface area contributed by atoms with E-state index in [4.69, 9.17) is 14.6 Å². The van der Waals surface area contributed by atoms with Crippen LogP contribution in [0.1, 0.15) is 10.4 Å². The molecular formula is C17H16F3NO6S. The first-order chi connectivity index (χ1) is 13.0. The Morgan fingerprint density at radius 1 is 0.929 bits per heavy atom. The Kier molecular flexibility index (Phi) is 6.73.